The summed E-state index contributed by atoms with van der Waals surface area (Å²) < 4.78 is 62.2. The molecule has 0 radical (unpaired) electrons. The van der Waals surface area contributed by atoms with E-state index >= 15 is 0 Å². The van der Waals surface area contributed by atoms with Gasteiger partial charge in [0.15, 0.2) is 0 Å². The summed E-state index contributed by atoms with van der Waals surface area (Å²) in [5.74, 6) is -0.341. The van der Waals surface area contributed by atoms with Crippen molar-refractivity contribution in [3.63, 3.8) is 0 Å². The van der Waals surface area contributed by atoms with Crippen LogP contribution in [0, 0.1) is 0 Å². The summed E-state index contributed by atoms with van der Waals surface area (Å²) in [7, 11) is -4.48. The molecule has 0 amide bonds. The number of rotatable bonds is 10. The number of hydrogen-bond donors (Lipinski definition) is 1. The molecule has 0 aromatic heterocycles. The van der Waals surface area contributed by atoms with Crippen LogP contribution >= 0.6 is 0 Å². The second-order valence-electron chi connectivity index (χ2n) is 6.43. The van der Waals surface area contributed by atoms with Crippen molar-refractivity contribution >= 4 is 26.0 Å². The maximum absolute atomic E-state index is 12.2. The van der Waals surface area contributed by atoms with Crippen molar-refractivity contribution in [2.24, 2.45) is 0 Å². The molecule has 0 aliphatic heterocycles. The van der Waals surface area contributed by atoms with Crippen molar-refractivity contribution < 1.29 is 31.1 Å². The van der Waals surface area contributed by atoms with Gasteiger partial charge in [0.2, 0.25) is 20.0 Å². The molecule has 0 aliphatic rings. The largest absolute Gasteiger partial charge is 0.490 e. The van der Waals surface area contributed by atoms with Gasteiger partial charge in [0, 0.05) is 14.1 Å². The van der Waals surface area contributed by atoms with Gasteiger partial charge in [0.05, 0.1) is 9.79 Å². The van der Waals surface area contributed by atoms with E-state index in [0.717, 1.165) is 4.31 Å². The first-order chi connectivity index (χ1) is 14.0. The Morgan fingerprint density at radius 1 is 0.933 bits per heavy atom. The summed E-state index contributed by atoms with van der Waals surface area (Å²) in [6.07, 6.45) is 0. The van der Waals surface area contributed by atoms with Crippen molar-refractivity contribution in [3.8, 4) is 5.75 Å². The van der Waals surface area contributed by atoms with Gasteiger partial charge in [-0.2, -0.15) is 4.72 Å². The normalized spacial score (nSPS) is 13.1. The first kappa shape index (κ1) is 23.8. The van der Waals surface area contributed by atoms with Gasteiger partial charge in [0.25, 0.3) is 0 Å². The summed E-state index contributed by atoms with van der Waals surface area (Å²) >= 11 is 0. The number of nitrogens with one attached hydrogen (secondary N) is 1. The van der Waals surface area contributed by atoms with E-state index in [2.05, 4.69) is 4.72 Å². The molecule has 1 atom stereocenters. The maximum Gasteiger partial charge on any atom is 0.324 e. The van der Waals surface area contributed by atoms with Gasteiger partial charge in [-0.05, 0) is 43.3 Å². The zero-order chi connectivity index (χ0) is 22.4. The summed E-state index contributed by atoms with van der Waals surface area (Å²) in [6, 6.07) is 12.4. The average molecular weight is 457 g/mol. The van der Waals surface area contributed by atoms with Crippen LogP contribution < -0.4 is 9.46 Å². The zero-order valence-corrected chi connectivity index (χ0v) is 18.4. The molecule has 0 bridgehead atoms. The van der Waals surface area contributed by atoms with E-state index in [0.29, 0.717) is 5.75 Å². The van der Waals surface area contributed by atoms with E-state index in [1.165, 1.54) is 57.4 Å². The molecule has 164 valence electrons. The molecular weight excluding hydrogens is 432 g/mol. The number of nitrogens with zero attached hydrogens (tertiary/aromatic N) is 1. The maximum atomic E-state index is 12.2. The molecule has 30 heavy (non-hydrogen) atoms. The quantitative estimate of drug-likeness (QED) is 0.422. The fraction of sp³-hybridized carbons (Fsp3) is 0.316. The van der Waals surface area contributed by atoms with Crippen LogP contribution in [0.25, 0.3) is 0 Å². The highest BCUT2D eigenvalue weighted by Gasteiger charge is 2.23. The van der Waals surface area contributed by atoms with Crippen LogP contribution in [0.1, 0.15) is 6.92 Å². The average Bonchev–Trinajstić information content (AvgIpc) is 2.71. The second kappa shape index (κ2) is 10.0. The minimum atomic E-state index is -3.84. The van der Waals surface area contributed by atoms with E-state index in [4.69, 9.17) is 9.47 Å². The Morgan fingerprint density at radius 2 is 1.53 bits per heavy atom. The Kier molecular flexibility index (Phi) is 7.96. The SMILES string of the molecule is C[C@H](NS(=O)(=O)c1ccccc1)C(=O)OCCOc1ccc(S(=O)(=O)N(C)C)cc1. The van der Waals surface area contributed by atoms with Gasteiger partial charge < -0.3 is 9.47 Å². The Morgan fingerprint density at radius 3 is 2.10 bits per heavy atom. The summed E-state index contributed by atoms with van der Waals surface area (Å²) in [5.41, 5.74) is 0. The van der Waals surface area contributed by atoms with Crippen molar-refractivity contribution in [2.45, 2.75) is 22.8 Å². The first-order valence-corrected chi connectivity index (χ1v) is 11.9. The van der Waals surface area contributed by atoms with Crippen LogP contribution in [-0.4, -0.2) is 60.5 Å². The third-order valence-electron chi connectivity index (χ3n) is 3.94. The number of benzene rings is 2. The molecule has 0 aliphatic carbocycles. The Labute approximate surface area is 176 Å². The Bertz CT molecular complexity index is 1050. The third kappa shape index (κ3) is 6.26. The Hall–Kier alpha value is -2.47. The number of ether oxygens (including phenoxy) is 2. The van der Waals surface area contributed by atoms with Gasteiger partial charge >= 0.3 is 5.97 Å². The summed E-state index contributed by atoms with van der Waals surface area (Å²) in [4.78, 5) is 12.2. The molecule has 9 nitrogen and oxygen atoms in total. The zero-order valence-electron chi connectivity index (χ0n) is 16.8. The first-order valence-electron chi connectivity index (χ1n) is 8.93. The molecule has 0 fully saturated rings. The van der Waals surface area contributed by atoms with E-state index in [9.17, 15) is 21.6 Å². The summed E-state index contributed by atoms with van der Waals surface area (Å²) in [5, 5.41) is 0. The predicted molar refractivity (Wildman–Crippen MR) is 110 cm³/mol. The molecular formula is C19H24N2O7S2. The van der Waals surface area contributed by atoms with Gasteiger partial charge in [0.1, 0.15) is 25.0 Å². The van der Waals surface area contributed by atoms with Crippen molar-refractivity contribution in [1.29, 1.82) is 0 Å². The number of esters is 1. The van der Waals surface area contributed by atoms with Crippen LogP contribution in [-0.2, 0) is 29.6 Å². The second-order valence-corrected chi connectivity index (χ2v) is 10.3. The van der Waals surface area contributed by atoms with Gasteiger partial charge in [-0.3, -0.25) is 4.79 Å². The van der Waals surface area contributed by atoms with Crippen LogP contribution in [0.2, 0.25) is 0 Å². The molecule has 0 heterocycles. The fourth-order valence-corrected chi connectivity index (χ4v) is 4.41. The van der Waals surface area contributed by atoms with Crippen molar-refractivity contribution in [3.05, 3.63) is 54.6 Å². The molecule has 11 heteroatoms. The fourth-order valence-electron chi connectivity index (χ4n) is 2.29. The van der Waals surface area contributed by atoms with Crippen molar-refractivity contribution in [1.82, 2.24) is 9.03 Å². The van der Waals surface area contributed by atoms with E-state index in [1.54, 1.807) is 18.2 Å². The molecule has 0 spiro atoms. The smallest absolute Gasteiger partial charge is 0.324 e. The van der Waals surface area contributed by atoms with E-state index in [1.807, 2.05) is 0 Å². The lowest BCUT2D eigenvalue weighted by molar-refractivity contribution is -0.145. The van der Waals surface area contributed by atoms with Gasteiger partial charge in [-0.1, -0.05) is 18.2 Å². The number of carbonyl (C=O) groups is 1. The van der Waals surface area contributed by atoms with E-state index < -0.39 is 32.1 Å². The third-order valence-corrected chi connectivity index (χ3v) is 7.32. The van der Waals surface area contributed by atoms with Gasteiger partial charge in [-0.25, -0.2) is 21.1 Å². The van der Waals surface area contributed by atoms with E-state index in [-0.39, 0.29) is 23.0 Å². The number of carbonyl (C=O) groups excluding carboxylic acids is 1. The molecule has 0 unspecified atom stereocenters. The van der Waals surface area contributed by atoms with Crippen molar-refractivity contribution in [2.75, 3.05) is 27.3 Å². The lowest BCUT2D eigenvalue weighted by atomic mass is 10.3. The lowest BCUT2D eigenvalue weighted by Gasteiger charge is -2.14. The highest BCUT2D eigenvalue weighted by atomic mass is 32.2. The molecule has 0 saturated heterocycles. The molecule has 2 aromatic rings. The molecule has 2 rings (SSSR count). The standard InChI is InChI=1S/C19H24N2O7S2/c1-15(20-29(23,24)17-7-5-4-6-8-17)19(22)28-14-13-27-16-9-11-18(12-10-16)30(25,26)21(2)3/h4-12,15,20H,13-14H2,1-3H3/t15-/m0/s1. The van der Waals surface area contributed by atoms with Gasteiger partial charge in [-0.15, -0.1) is 0 Å². The molecule has 2 aromatic carbocycles. The highest BCUT2D eigenvalue weighted by molar-refractivity contribution is 7.89. The minimum absolute atomic E-state index is 0.0175. The van der Waals surface area contributed by atoms with Crippen LogP contribution in [0.3, 0.4) is 0 Å². The Balaban J connectivity index is 1.81. The number of sulfonamides is 2. The predicted octanol–water partition coefficient (Wildman–Crippen LogP) is 1.23. The summed E-state index contributed by atoms with van der Waals surface area (Å²) in [6.45, 7) is 1.30. The molecule has 0 saturated carbocycles. The van der Waals surface area contributed by atoms with Crippen LogP contribution in [0.5, 0.6) is 5.75 Å². The lowest BCUT2D eigenvalue weighted by Crippen LogP contribution is -2.39. The topological polar surface area (TPSA) is 119 Å². The minimum Gasteiger partial charge on any atom is -0.490 e. The molecule has 1 N–H and O–H groups in total. The highest BCUT2D eigenvalue weighted by Crippen LogP contribution is 2.18. The van der Waals surface area contributed by atoms with Crippen LogP contribution in [0.4, 0.5) is 0 Å². The number of hydrogen-bond acceptors (Lipinski definition) is 7. The monoisotopic (exact) mass is 456 g/mol. The van der Waals surface area contributed by atoms with Crippen LogP contribution in [0.15, 0.2) is 64.4 Å².